The number of halogens is 1. The number of amides is 2. The number of hydrogen-bond donors (Lipinski definition) is 2. The summed E-state index contributed by atoms with van der Waals surface area (Å²) in [5.74, 6) is 0.0939. The van der Waals surface area contributed by atoms with Crippen molar-refractivity contribution in [3.05, 3.63) is 24.1 Å². The summed E-state index contributed by atoms with van der Waals surface area (Å²) in [7, 11) is 0. The lowest BCUT2D eigenvalue weighted by molar-refractivity contribution is -0.0393. The molecule has 0 radical (unpaired) electrons. The third-order valence-electron chi connectivity index (χ3n) is 5.78. The van der Waals surface area contributed by atoms with Gasteiger partial charge in [0.2, 0.25) is 0 Å². The first-order chi connectivity index (χ1) is 16.1. The lowest BCUT2D eigenvalue weighted by Crippen LogP contribution is -2.43. The van der Waals surface area contributed by atoms with Crippen LogP contribution in [0, 0.1) is 5.82 Å². The number of benzene rings is 1. The second-order valence-electron chi connectivity index (χ2n) is 8.04. The minimum Gasteiger partial charge on any atom is -0.491 e. The number of morpholine rings is 1. The van der Waals surface area contributed by atoms with Crippen molar-refractivity contribution in [3.8, 4) is 17.3 Å². The first-order valence-electron chi connectivity index (χ1n) is 11.3. The Labute approximate surface area is 190 Å². The normalized spacial score (nSPS) is 19.1. The van der Waals surface area contributed by atoms with Crippen LogP contribution in [-0.4, -0.2) is 70.2 Å². The van der Waals surface area contributed by atoms with Crippen molar-refractivity contribution in [1.29, 1.82) is 0 Å². The van der Waals surface area contributed by atoms with E-state index in [2.05, 4.69) is 15.3 Å². The first kappa shape index (κ1) is 21.7. The smallest absolute Gasteiger partial charge is 0.322 e. The second kappa shape index (κ2) is 9.36. The molecule has 2 aliphatic heterocycles. The number of carbonyl (C=O) groups is 1. The molecule has 2 saturated heterocycles. The molecule has 33 heavy (non-hydrogen) atoms. The summed E-state index contributed by atoms with van der Waals surface area (Å²) in [6.07, 6.45) is 4.45. The molecule has 1 unspecified atom stereocenters. The fraction of sp³-hybridized carbons (Fsp3) is 0.500. The number of rotatable bonds is 5. The molecule has 2 fully saturated rings. The number of H-pyrrole nitrogens is 1. The van der Waals surface area contributed by atoms with Gasteiger partial charge in [0.1, 0.15) is 6.23 Å². The fourth-order valence-corrected chi connectivity index (χ4v) is 4.09. The quantitative estimate of drug-likeness (QED) is 0.606. The van der Waals surface area contributed by atoms with Gasteiger partial charge in [-0.3, -0.25) is 0 Å². The topological polar surface area (TPSA) is 107 Å². The Hall–Kier alpha value is -3.18. The molecular formula is C22H27FN6O4. The molecule has 0 spiro atoms. The highest BCUT2D eigenvalue weighted by atomic mass is 19.1. The van der Waals surface area contributed by atoms with Gasteiger partial charge in [-0.05, 0) is 26.2 Å². The SMILES string of the molecule is CCOc1cc2nc(-c3nn(C4CCCCO4)cc3NC(=O)N3CCOCC3)[nH]c2cc1F. The molecule has 0 saturated carbocycles. The van der Waals surface area contributed by atoms with E-state index < -0.39 is 5.82 Å². The van der Waals surface area contributed by atoms with E-state index in [0.29, 0.717) is 67.8 Å². The summed E-state index contributed by atoms with van der Waals surface area (Å²) in [6.45, 7) is 4.86. The van der Waals surface area contributed by atoms with Gasteiger partial charge in [0.25, 0.3) is 0 Å². The zero-order valence-electron chi connectivity index (χ0n) is 18.5. The number of urea groups is 1. The molecule has 2 aromatic heterocycles. The predicted molar refractivity (Wildman–Crippen MR) is 119 cm³/mol. The molecule has 2 amide bonds. The zero-order valence-corrected chi connectivity index (χ0v) is 18.5. The highest BCUT2D eigenvalue weighted by Crippen LogP contribution is 2.32. The van der Waals surface area contributed by atoms with E-state index in [-0.39, 0.29) is 18.0 Å². The Morgan fingerprint density at radius 1 is 1.30 bits per heavy atom. The third kappa shape index (κ3) is 4.51. The molecule has 0 aliphatic carbocycles. The average molecular weight is 458 g/mol. The third-order valence-corrected chi connectivity index (χ3v) is 5.78. The second-order valence-corrected chi connectivity index (χ2v) is 8.04. The monoisotopic (exact) mass is 458 g/mol. The standard InChI is InChI=1S/C22H27FN6O4/c1-2-32-18-12-16-15(11-14(18)23)24-21(25-16)20-17(26-22(30)28-6-9-31-10-7-28)13-29(27-20)19-5-3-4-8-33-19/h11-13,19H,2-10H2,1H3,(H,24,25)(H,26,30). The number of hydrogen-bond acceptors (Lipinski definition) is 6. The van der Waals surface area contributed by atoms with Crippen LogP contribution in [0.1, 0.15) is 32.4 Å². The van der Waals surface area contributed by atoms with Crippen LogP contribution in [0.4, 0.5) is 14.9 Å². The number of ether oxygens (including phenoxy) is 3. The summed E-state index contributed by atoms with van der Waals surface area (Å²) < 4.78 is 32.6. The van der Waals surface area contributed by atoms with E-state index in [9.17, 15) is 9.18 Å². The highest BCUT2D eigenvalue weighted by Gasteiger charge is 2.25. The van der Waals surface area contributed by atoms with Gasteiger partial charge < -0.3 is 29.4 Å². The number of anilines is 1. The van der Waals surface area contributed by atoms with Crippen molar-refractivity contribution in [3.63, 3.8) is 0 Å². The van der Waals surface area contributed by atoms with E-state index in [1.807, 2.05) is 0 Å². The zero-order chi connectivity index (χ0) is 22.8. The number of aromatic amines is 1. The number of nitrogens with zero attached hydrogens (tertiary/aromatic N) is 4. The summed E-state index contributed by atoms with van der Waals surface area (Å²) in [4.78, 5) is 22.3. The van der Waals surface area contributed by atoms with Crippen LogP contribution in [0.3, 0.4) is 0 Å². The lowest BCUT2D eigenvalue weighted by Gasteiger charge is -2.26. The number of imidazole rings is 1. The van der Waals surface area contributed by atoms with E-state index in [4.69, 9.17) is 19.3 Å². The van der Waals surface area contributed by atoms with Crippen molar-refractivity contribution in [2.45, 2.75) is 32.4 Å². The molecule has 5 rings (SSSR count). The minimum absolute atomic E-state index is 0.144. The van der Waals surface area contributed by atoms with Crippen molar-refractivity contribution in [1.82, 2.24) is 24.6 Å². The molecule has 10 nitrogen and oxygen atoms in total. The Morgan fingerprint density at radius 3 is 2.91 bits per heavy atom. The average Bonchev–Trinajstić information content (AvgIpc) is 3.44. The van der Waals surface area contributed by atoms with Crippen molar-refractivity contribution in [2.24, 2.45) is 0 Å². The van der Waals surface area contributed by atoms with E-state index in [1.165, 1.54) is 6.07 Å². The van der Waals surface area contributed by atoms with Gasteiger partial charge in [-0.25, -0.2) is 18.9 Å². The lowest BCUT2D eigenvalue weighted by atomic mass is 10.2. The van der Waals surface area contributed by atoms with Crippen LogP contribution in [0.15, 0.2) is 18.3 Å². The Balaban J connectivity index is 1.50. The Morgan fingerprint density at radius 2 is 2.15 bits per heavy atom. The summed E-state index contributed by atoms with van der Waals surface area (Å²) in [5, 5.41) is 7.65. The van der Waals surface area contributed by atoms with Gasteiger partial charge in [0, 0.05) is 31.8 Å². The molecule has 1 atom stereocenters. The van der Waals surface area contributed by atoms with Crippen LogP contribution in [0.25, 0.3) is 22.6 Å². The van der Waals surface area contributed by atoms with Gasteiger partial charge in [-0.1, -0.05) is 0 Å². The van der Waals surface area contributed by atoms with Crippen molar-refractivity contribution >= 4 is 22.8 Å². The van der Waals surface area contributed by atoms with E-state index >= 15 is 0 Å². The Bertz CT molecular complexity index is 1130. The number of aromatic nitrogens is 4. The van der Waals surface area contributed by atoms with Crippen molar-refractivity contribution in [2.75, 3.05) is 44.8 Å². The predicted octanol–water partition coefficient (Wildman–Crippen LogP) is 3.53. The van der Waals surface area contributed by atoms with Crippen LogP contribution < -0.4 is 10.1 Å². The minimum atomic E-state index is -0.471. The largest absolute Gasteiger partial charge is 0.491 e. The Kier molecular flexibility index (Phi) is 6.14. The molecular weight excluding hydrogens is 431 g/mol. The van der Waals surface area contributed by atoms with Crippen LogP contribution >= 0.6 is 0 Å². The molecule has 4 heterocycles. The highest BCUT2D eigenvalue weighted by molar-refractivity contribution is 5.93. The first-order valence-corrected chi connectivity index (χ1v) is 11.3. The molecule has 1 aromatic carbocycles. The summed E-state index contributed by atoms with van der Waals surface area (Å²) in [5.41, 5.74) is 2.02. The van der Waals surface area contributed by atoms with Gasteiger partial charge >= 0.3 is 6.03 Å². The fourth-order valence-electron chi connectivity index (χ4n) is 4.09. The maximum absolute atomic E-state index is 14.3. The van der Waals surface area contributed by atoms with Gasteiger partial charge in [0.05, 0.1) is 42.7 Å². The molecule has 2 aliphatic rings. The maximum Gasteiger partial charge on any atom is 0.322 e. The van der Waals surface area contributed by atoms with Gasteiger partial charge in [0.15, 0.2) is 23.1 Å². The van der Waals surface area contributed by atoms with E-state index in [0.717, 1.165) is 19.3 Å². The summed E-state index contributed by atoms with van der Waals surface area (Å²) in [6, 6.07) is 2.68. The number of carbonyl (C=O) groups excluding carboxylic acids is 1. The molecule has 11 heteroatoms. The summed E-state index contributed by atoms with van der Waals surface area (Å²) >= 11 is 0. The van der Waals surface area contributed by atoms with Gasteiger partial charge in [-0.2, -0.15) is 5.10 Å². The molecule has 0 bridgehead atoms. The van der Waals surface area contributed by atoms with Crippen LogP contribution in [0.2, 0.25) is 0 Å². The molecule has 176 valence electrons. The van der Waals surface area contributed by atoms with Crippen molar-refractivity contribution < 1.29 is 23.4 Å². The van der Waals surface area contributed by atoms with Gasteiger partial charge in [-0.15, -0.1) is 0 Å². The maximum atomic E-state index is 14.3. The number of nitrogens with one attached hydrogen (secondary N) is 2. The van der Waals surface area contributed by atoms with Crippen LogP contribution in [0.5, 0.6) is 5.75 Å². The molecule has 3 aromatic rings. The number of fused-ring (bicyclic) bond motifs is 1. The van der Waals surface area contributed by atoms with E-state index in [1.54, 1.807) is 28.8 Å². The van der Waals surface area contributed by atoms with Crippen LogP contribution in [-0.2, 0) is 9.47 Å². The molecule has 2 N–H and O–H groups in total.